The number of hydrogen-bond donors (Lipinski definition) is 1. The minimum Gasteiger partial charge on any atom is -0.340 e. The molecule has 1 saturated carbocycles. The van der Waals surface area contributed by atoms with Crippen molar-refractivity contribution in [1.82, 2.24) is 4.90 Å². The van der Waals surface area contributed by atoms with E-state index in [4.69, 9.17) is 5.73 Å². The van der Waals surface area contributed by atoms with Crippen molar-refractivity contribution in [3.8, 4) is 0 Å². The number of hydrogen-bond acceptors (Lipinski definition) is 2. The number of rotatable bonds is 3. The second-order valence-electron chi connectivity index (χ2n) is 7.55. The maximum atomic E-state index is 12.6. The van der Waals surface area contributed by atoms with E-state index in [-0.39, 0.29) is 6.04 Å². The van der Waals surface area contributed by atoms with E-state index >= 15 is 0 Å². The molecule has 1 aliphatic heterocycles. The van der Waals surface area contributed by atoms with Crippen LogP contribution in [0.2, 0.25) is 0 Å². The Morgan fingerprint density at radius 3 is 2.48 bits per heavy atom. The van der Waals surface area contributed by atoms with Crippen LogP contribution in [0.4, 0.5) is 0 Å². The number of amides is 1. The third kappa shape index (κ3) is 4.14. The zero-order valence-electron chi connectivity index (χ0n) is 14.3. The van der Waals surface area contributed by atoms with Crippen LogP contribution in [-0.4, -0.2) is 29.4 Å². The fraction of sp³-hybridized carbons (Fsp3) is 0.650. The Morgan fingerprint density at radius 2 is 1.83 bits per heavy atom. The van der Waals surface area contributed by atoms with Crippen LogP contribution < -0.4 is 5.73 Å². The summed E-state index contributed by atoms with van der Waals surface area (Å²) in [5.41, 5.74) is 7.47. The molecule has 0 aromatic heterocycles. The Morgan fingerprint density at radius 1 is 1.13 bits per heavy atom. The van der Waals surface area contributed by atoms with Crippen molar-refractivity contribution in [2.75, 3.05) is 6.54 Å². The van der Waals surface area contributed by atoms with E-state index in [1.165, 1.54) is 31.2 Å². The van der Waals surface area contributed by atoms with E-state index in [2.05, 4.69) is 42.2 Å². The number of piperidine rings is 1. The van der Waals surface area contributed by atoms with Crippen LogP contribution in [0.3, 0.4) is 0 Å². The Kier molecular flexibility index (Phi) is 5.37. The normalized spacial score (nSPS) is 31.8. The summed E-state index contributed by atoms with van der Waals surface area (Å²) in [6, 6.07) is 11.4. The van der Waals surface area contributed by atoms with Crippen LogP contribution in [0, 0.1) is 5.92 Å². The van der Waals surface area contributed by atoms with Gasteiger partial charge in [-0.2, -0.15) is 0 Å². The van der Waals surface area contributed by atoms with E-state index in [9.17, 15) is 4.79 Å². The predicted octanol–water partition coefficient (Wildman–Crippen LogP) is 3.69. The second-order valence-corrected chi connectivity index (χ2v) is 7.55. The summed E-state index contributed by atoms with van der Waals surface area (Å²) in [6.45, 7) is 2.99. The molecule has 2 fully saturated rings. The molecule has 2 N–H and O–H groups in total. The molecule has 3 rings (SSSR count). The zero-order chi connectivity index (χ0) is 16.2. The van der Waals surface area contributed by atoms with Crippen LogP contribution in [-0.2, 0) is 4.79 Å². The van der Waals surface area contributed by atoms with E-state index in [0.29, 0.717) is 23.8 Å². The first-order chi connectivity index (χ1) is 11.1. The van der Waals surface area contributed by atoms with Gasteiger partial charge in [0.2, 0.25) is 5.91 Å². The van der Waals surface area contributed by atoms with Gasteiger partial charge in [0.15, 0.2) is 0 Å². The van der Waals surface area contributed by atoms with Gasteiger partial charge in [0, 0.05) is 25.0 Å². The second kappa shape index (κ2) is 7.48. The van der Waals surface area contributed by atoms with Crippen molar-refractivity contribution in [1.29, 1.82) is 0 Å². The largest absolute Gasteiger partial charge is 0.340 e. The third-order valence-electron chi connectivity index (χ3n) is 5.82. The van der Waals surface area contributed by atoms with Crippen molar-refractivity contribution >= 4 is 5.91 Å². The molecule has 3 nitrogen and oxygen atoms in total. The van der Waals surface area contributed by atoms with Gasteiger partial charge in [-0.25, -0.2) is 0 Å². The van der Waals surface area contributed by atoms with Gasteiger partial charge in [0.05, 0.1) is 0 Å². The first-order valence-electron chi connectivity index (χ1n) is 9.23. The third-order valence-corrected chi connectivity index (χ3v) is 5.82. The number of nitrogens with zero attached hydrogens (tertiary/aromatic N) is 1. The maximum Gasteiger partial charge on any atom is 0.223 e. The Balaban J connectivity index is 1.48. The predicted molar refractivity (Wildman–Crippen MR) is 94.1 cm³/mol. The summed E-state index contributed by atoms with van der Waals surface area (Å²) in [6.07, 6.45) is 7.47. The molecule has 2 atom stereocenters. The monoisotopic (exact) mass is 314 g/mol. The molecule has 3 heteroatoms. The molecule has 1 saturated heterocycles. The van der Waals surface area contributed by atoms with Crippen LogP contribution in [0.15, 0.2) is 30.3 Å². The lowest BCUT2D eigenvalue weighted by Crippen LogP contribution is -2.48. The van der Waals surface area contributed by atoms with Crippen molar-refractivity contribution in [2.45, 2.75) is 69.9 Å². The maximum absolute atomic E-state index is 12.6. The SMILES string of the molecule is C[C@H]1C[C@H](N)CCN1C(=O)CC1CCC(c2ccccc2)CC1. The van der Waals surface area contributed by atoms with Crippen molar-refractivity contribution in [3.05, 3.63) is 35.9 Å². The standard InChI is InChI=1S/C20H30N2O/c1-15-13-19(21)11-12-22(15)20(23)14-16-7-9-18(10-8-16)17-5-3-2-4-6-17/h2-6,15-16,18-19H,7-14,21H2,1H3/t15-,16?,18?,19+/m0/s1. The van der Waals surface area contributed by atoms with Gasteiger partial charge < -0.3 is 10.6 Å². The fourth-order valence-electron chi connectivity index (χ4n) is 4.37. The molecule has 1 heterocycles. The highest BCUT2D eigenvalue weighted by molar-refractivity contribution is 5.77. The molecular formula is C20H30N2O. The summed E-state index contributed by atoms with van der Waals surface area (Å²) in [5.74, 6) is 1.62. The molecule has 0 radical (unpaired) electrons. The van der Waals surface area contributed by atoms with Crippen molar-refractivity contribution in [2.24, 2.45) is 11.7 Å². The molecule has 0 spiro atoms. The lowest BCUT2D eigenvalue weighted by Gasteiger charge is -2.38. The minimum absolute atomic E-state index is 0.273. The highest BCUT2D eigenvalue weighted by Gasteiger charge is 2.30. The Hall–Kier alpha value is -1.35. The van der Waals surface area contributed by atoms with Crippen molar-refractivity contribution in [3.63, 3.8) is 0 Å². The van der Waals surface area contributed by atoms with Crippen LogP contribution in [0.25, 0.3) is 0 Å². The highest BCUT2D eigenvalue weighted by atomic mass is 16.2. The average molecular weight is 314 g/mol. The quantitative estimate of drug-likeness (QED) is 0.925. The molecule has 1 aliphatic carbocycles. The number of nitrogens with two attached hydrogens (primary N) is 1. The molecule has 0 bridgehead atoms. The Bertz CT molecular complexity index is 508. The topological polar surface area (TPSA) is 46.3 Å². The molecule has 1 aromatic carbocycles. The van der Waals surface area contributed by atoms with Gasteiger partial charge in [-0.1, -0.05) is 30.3 Å². The molecule has 2 aliphatic rings. The van der Waals surface area contributed by atoms with Gasteiger partial charge in [-0.3, -0.25) is 4.79 Å². The van der Waals surface area contributed by atoms with E-state index in [0.717, 1.165) is 25.8 Å². The van der Waals surface area contributed by atoms with Gasteiger partial charge in [-0.15, -0.1) is 0 Å². The zero-order valence-corrected chi connectivity index (χ0v) is 14.3. The summed E-state index contributed by atoms with van der Waals surface area (Å²) in [4.78, 5) is 14.7. The smallest absolute Gasteiger partial charge is 0.223 e. The lowest BCUT2D eigenvalue weighted by molar-refractivity contribution is -0.135. The van der Waals surface area contributed by atoms with Gasteiger partial charge in [0.1, 0.15) is 0 Å². The molecule has 1 amide bonds. The first kappa shape index (κ1) is 16.5. The summed E-state index contributed by atoms with van der Waals surface area (Å²) >= 11 is 0. The number of likely N-dealkylation sites (tertiary alicyclic amines) is 1. The van der Waals surface area contributed by atoms with Crippen LogP contribution in [0.5, 0.6) is 0 Å². The van der Waals surface area contributed by atoms with Gasteiger partial charge in [-0.05, 0) is 62.8 Å². The summed E-state index contributed by atoms with van der Waals surface area (Å²) < 4.78 is 0. The molecule has 0 unspecified atom stereocenters. The molecule has 1 aromatic rings. The van der Waals surface area contributed by atoms with E-state index in [1.54, 1.807) is 0 Å². The molecule has 126 valence electrons. The number of carbonyl (C=O) groups is 1. The first-order valence-corrected chi connectivity index (χ1v) is 9.23. The van der Waals surface area contributed by atoms with Gasteiger partial charge in [0.25, 0.3) is 0 Å². The van der Waals surface area contributed by atoms with E-state index in [1.807, 2.05) is 0 Å². The fourth-order valence-corrected chi connectivity index (χ4v) is 4.37. The summed E-state index contributed by atoms with van der Waals surface area (Å²) in [7, 11) is 0. The highest BCUT2D eigenvalue weighted by Crippen LogP contribution is 2.37. The molecular weight excluding hydrogens is 284 g/mol. The number of benzene rings is 1. The average Bonchev–Trinajstić information content (AvgIpc) is 2.56. The number of carbonyl (C=O) groups excluding carboxylic acids is 1. The molecule has 23 heavy (non-hydrogen) atoms. The Labute approximate surface area is 140 Å². The van der Waals surface area contributed by atoms with Crippen LogP contribution >= 0.6 is 0 Å². The minimum atomic E-state index is 0.273. The van der Waals surface area contributed by atoms with Crippen LogP contribution in [0.1, 0.15) is 63.4 Å². The van der Waals surface area contributed by atoms with E-state index < -0.39 is 0 Å². The summed E-state index contributed by atoms with van der Waals surface area (Å²) in [5, 5.41) is 0. The lowest BCUT2D eigenvalue weighted by atomic mass is 9.77. The van der Waals surface area contributed by atoms with Crippen molar-refractivity contribution < 1.29 is 4.79 Å². The van der Waals surface area contributed by atoms with Gasteiger partial charge >= 0.3 is 0 Å².